The number of aliphatic hydroxyl groups is 1. The van der Waals surface area contributed by atoms with Gasteiger partial charge in [0.2, 0.25) is 0 Å². The molecule has 0 spiro atoms. The quantitative estimate of drug-likeness (QED) is 0.772. The first-order chi connectivity index (χ1) is 13.3. The Labute approximate surface area is 167 Å². The van der Waals surface area contributed by atoms with Gasteiger partial charge in [0.25, 0.3) is 0 Å². The van der Waals surface area contributed by atoms with Gasteiger partial charge in [0.1, 0.15) is 5.75 Å². The largest absolute Gasteiger partial charge is 0.497 e. The van der Waals surface area contributed by atoms with Crippen LogP contribution in [0.2, 0.25) is 0 Å². The average molecular weight is 404 g/mol. The van der Waals surface area contributed by atoms with Gasteiger partial charge in [-0.25, -0.2) is 8.42 Å². The average Bonchev–Trinajstić information content (AvgIpc) is 2.80. The van der Waals surface area contributed by atoms with Crippen LogP contribution in [0.3, 0.4) is 0 Å². The van der Waals surface area contributed by atoms with E-state index in [1.54, 1.807) is 12.1 Å². The summed E-state index contributed by atoms with van der Waals surface area (Å²) in [5.41, 5.74) is 0.990. The van der Waals surface area contributed by atoms with Crippen LogP contribution in [0.1, 0.15) is 50.3 Å². The van der Waals surface area contributed by atoms with Crippen molar-refractivity contribution in [3.63, 3.8) is 0 Å². The van der Waals surface area contributed by atoms with Crippen LogP contribution >= 0.6 is 0 Å². The Bertz CT molecular complexity index is 913. The van der Waals surface area contributed by atoms with Gasteiger partial charge in [-0.2, -0.15) is 0 Å². The van der Waals surface area contributed by atoms with Crippen LogP contribution in [0.5, 0.6) is 5.75 Å². The maximum absolute atomic E-state index is 13.4. The van der Waals surface area contributed by atoms with E-state index in [-0.39, 0.29) is 11.8 Å². The number of sulfone groups is 1. The van der Waals surface area contributed by atoms with Gasteiger partial charge in [-0.05, 0) is 42.5 Å². The first-order valence-electron chi connectivity index (χ1n) is 9.75. The summed E-state index contributed by atoms with van der Waals surface area (Å²) < 4.78 is 32.1. The normalized spacial score (nSPS) is 24.8. The number of aliphatic hydroxyl groups excluding tert-OH is 1. The number of hydrogen-bond donors (Lipinski definition) is 2. The topological polar surface area (TPSA) is 75.6 Å². The van der Waals surface area contributed by atoms with E-state index in [1.165, 1.54) is 7.11 Å². The van der Waals surface area contributed by atoms with E-state index in [2.05, 4.69) is 5.32 Å². The number of rotatable bonds is 6. The van der Waals surface area contributed by atoms with E-state index >= 15 is 0 Å². The second kappa shape index (κ2) is 8.23. The fraction of sp³-hybridized carbons (Fsp3) is 0.455. The molecule has 2 N–H and O–H groups in total. The number of nitrogens with one attached hydrogen (secondary N) is 1. The van der Waals surface area contributed by atoms with Gasteiger partial charge in [0.15, 0.2) is 9.84 Å². The highest BCUT2D eigenvalue weighted by Gasteiger charge is 2.43. The van der Waals surface area contributed by atoms with Gasteiger partial charge in [-0.15, -0.1) is 0 Å². The Hall–Kier alpha value is -1.89. The zero-order valence-corrected chi connectivity index (χ0v) is 17.5. The summed E-state index contributed by atoms with van der Waals surface area (Å²) in [4.78, 5) is 0.300. The Kier molecular flexibility index (Phi) is 6.12. The molecule has 2 aromatic carbocycles. The van der Waals surface area contributed by atoms with Gasteiger partial charge in [-0.3, -0.25) is 5.32 Å². The van der Waals surface area contributed by atoms with Crippen molar-refractivity contribution >= 4 is 9.84 Å². The molecule has 1 aliphatic heterocycles. The van der Waals surface area contributed by atoms with E-state index < -0.39 is 21.5 Å². The van der Waals surface area contributed by atoms with Crippen LogP contribution in [-0.4, -0.2) is 38.0 Å². The molecule has 6 heteroatoms. The van der Waals surface area contributed by atoms with Crippen molar-refractivity contribution < 1.29 is 18.3 Å². The molecule has 0 fully saturated rings. The van der Waals surface area contributed by atoms with Crippen molar-refractivity contribution in [1.29, 1.82) is 0 Å². The molecule has 0 saturated heterocycles. The minimum Gasteiger partial charge on any atom is -0.497 e. The monoisotopic (exact) mass is 403 g/mol. The molecule has 1 heterocycles. The van der Waals surface area contributed by atoms with Crippen molar-refractivity contribution in [1.82, 2.24) is 5.32 Å². The highest BCUT2D eigenvalue weighted by atomic mass is 32.2. The second-order valence-corrected chi connectivity index (χ2v) is 9.51. The van der Waals surface area contributed by atoms with Gasteiger partial charge in [0.05, 0.1) is 29.9 Å². The molecule has 1 unspecified atom stereocenters. The van der Waals surface area contributed by atoms with E-state index in [0.717, 1.165) is 5.56 Å². The van der Waals surface area contributed by atoms with Gasteiger partial charge in [0, 0.05) is 5.54 Å². The molecule has 152 valence electrons. The van der Waals surface area contributed by atoms with Crippen molar-refractivity contribution in [2.24, 2.45) is 0 Å². The lowest BCUT2D eigenvalue weighted by molar-refractivity contribution is 0.115. The van der Waals surface area contributed by atoms with Gasteiger partial charge < -0.3 is 9.84 Å². The van der Waals surface area contributed by atoms with Crippen LogP contribution in [-0.2, 0) is 9.84 Å². The number of methoxy groups -OCH3 is 1. The third kappa shape index (κ3) is 4.09. The van der Waals surface area contributed by atoms with Crippen LogP contribution < -0.4 is 10.1 Å². The molecule has 28 heavy (non-hydrogen) atoms. The summed E-state index contributed by atoms with van der Waals surface area (Å²) in [5, 5.41) is 14.0. The fourth-order valence-electron chi connectivity index (χ4n) is 3.99. The zero-order chi connectivity index (χ0) is 20.4. The number of benzene rings is 2. The van der Waals surface area contributed by atoms with Crippen LogP contribution in [0.4, 0.5) is 0 Å². The lowest BCUT2D eigenvalue weighted by Gasteiger charge is -2.37. The Morgan fingerprint density at radius 1 is 1.21 bits per heavy atom. The molecule has 0 bridgehead atoms. The van der Waals surface area contributed by atoms with Crippen LogP contribution in [0.25, 0.3) is 0 Å². The SMILES string of the molecule is CCC(O)C[C@@]1(CC)CS(=O)(=O)c2cc(OC)ccc2[C@H](c2ccccc2)N1. The summed E-state index contributed by atoms with van der Waals surface area (Å²) in [6, 6.07) is 14.8. The van der Waals surface area contributed by atoms with Crippen molar-refractivity contribution in [2.45, 2.75) is 55.7 Å². The Morgan fingerprint density at radius 3 is 2.54 bits per heavy atom. The zero-order valence-electron chi connectivity index (χ0n) is 16.7. The second-order valence-electron chi connectivity index (χ2n) is 7.55. The van der Waals surface area contributed by atoms with E-state index in [0.29, 0.717) is 35.5 Å². The molecule has 0 radical (unpaired) electrons. The highest BCUT2D eigenvalue weighted by Crippen LogP contribution is 2.39. The Balaban J connectivity index is 2.21. The first-order valence-corrected chi connectivity index (χ1v) is 11.4. The maximum atomic E-state index is 13.4. The molecule has 3 atom stereocenters. The summed E-state index contributed by atoms with van der Waals surface area (Å²) in [6.07, 6.45) is 1.00. The smallest absolute Gasteiger partial charge is 0.180 e. The molecule has 0 aromatic heterocycles. The maximum Gasteiger partial charge on any atom is 0.180 e. The van der Waals surface area contributed by atoms with Crippen LogP contribution in [0.15, 0.2) is 53.4 Å². The first kappa shape index (κ1) is 20.8. The molecular formula is C22H29NO4S. The Morgan fingerprint density at radius 2 is 1.93 bits per heavy atom. The van der Waals surface area contributed by atoms with E-state index in [9.17, 15) is 13.5 Å². The third-order valence-electron chi connectivity index (χ3n) is 5.69. The third-order valence-corrected chi connectivity index (χ3v) is 7.65. The van der Waals surface area contributed by atoms with Crippen LogP contribution in [0, 0.1) is 0 Å². The molecule has 5 nitrogen and oxygen atoms in total. The van der Waals surface area contributed by atoms with Crippen molar-refractivity contribution in [3.05, 3.63) is 59.7 Å². The molecule has 2 aromatic rings. The molecule has 3 rings (SSSR count). The fourth-order valence-corrected chi connectivity index (χ4v) is 6.12. The number of ether oxygens (including phenoxy) is 1. The molecule has 0 aliphatic carbocycles. The predicted molar refractivity (Wildman–Crippen MR) is 110 cm³/mol. The molecular weight excluding hydrogens is 374 g/mol. The van der Waals surface area contributed by atoms with Gasteiger partial charge >= 0.3 is 0 Å². The van der Waals surface area contributed by atoms with E-state index in [1.807, 2.05) is 50.2 Å². The standard InChI is InChI=1S/C22H29NO4S/c1-4-17(24)14-22(5-2)15-28(25,26)20-13-18(27-3)11-12-19(20)21(23-22)16-9-7-6-8-10-16/h6-13,17,21,23-24H,4-5,14-15H2,1-3H3/t17?,21-,22-/m0/s1. The lowest BCUT2D eigenvalue weighted by atomic mass is 9.87. The summed E-state index contributed by atoms with van der Waals surface area (Å²) in [5.74, 6) is 0.462. The van der Waals surface area contributed by atoms with Crippen molar-refractivity contribution in [3.8, 4) is 5.75 Å². The number of fused-ring (bicyclic) bond motifs is 1. The lowest BCUT2D eigenvalue weighted by Crippen LogP contribution is -2.52. The van der Waals surface area contributed by atoms with Crippen molar-refractivity contribution in [2.75, 3.05) is 12.9 Å². The van der Waals surface area contributed by atoms with Gasteiger partial charge in [-0.1, -0.05) is 50.2 Å². The molecule has 0 saturated carbocycles. The molecule has 1 aliphatic rings. The molecule has 0 amide bonds. The highest BCUT2D eigenvalue weighted by molar-refractivity contribution is 7.91. The summed E-state index contributed by atoms with van der Waals surface area (Å²) in [7, 11) is -2.05. The summed E-state index contributed by atoms with van der Waals surface area (Å²) >= 11 is 0. The number of hydrogen-bond acceptors (Lipinski definition) is 5. The van der Waals surface area contributed by atoms with E-state index in [4.69, 9.17) is 4.74 Å². The minimum atomic E-state index is -3.58. The minimum absolute atomic E-state index is 0.0585. The predicted octanol–water partition coefficient (Wildman–Crippen LogP) is 3.47. The summed E-state index contributed by atoms with van der Waals surface area (Å²) in [6.45, 7) is 3.89.